The molecule has 0 aliphatic carbocycles. The Morgan fingerprint density at radius 3 is 2.88 bits per heavy atom. The molecule has 6 heteroatoms. The first-order valence-electron chi connectivity index (χ1n) is 4.57. The molecule has 0 spiro atoms. The maximum atomic E-state index is 9.19. The van der Waals surface area contributed by atoms with Crippen LogP contribution in [0.4, 0.5) is 0 Å². The molecule has 0 amide bonds. The summed E-state index contributed by atoms with van der Waals surface area (Å²) in [6, 6.07) is 5.35. The molecule has 1 heterocycles. The van der Waals surface area contributed by atoms with E-state index < -0.39 is 0 Å². The lowest BCUT2D eigenvalue weighted by Crippen LogP contribution is -1.88. The van der Waals surface area contributed by atoms with E-state index in [9.17, 15) is 5.11 Å². The molecule has 0 aliphatic heterocycles. The molecule has 4 nitrogen and oxygen atoms in total. The smallest absolute Gasteiger partial charge is 0.281 e. The van der Waals surface area contributed by atoms with Crippen LogP contribution >= 0.6 is 23.4 Å². The van der Waals surface area contributed by atoms with Gasteiger partial charge < -0.3 is 9.52 Å². The number of aromatic nitrogens is 2. The highest BCUT2D eigenvalue weighted by molar-refractivity contribution is 7.99. The SMILES string of the molecule is Cc1nnc(Sc2c(Cl)cccc2CO)o1. The highest BCUT2D eigenvalue weighted by Crippen LogP contribution is 2.35. The molecule has 0 radical (unpaired) electrons. The Labute approximate surface area is 102 Å². The first-order valence-corrected chi connectivity index (χ1v) is 5.76. The molecular formula is C10H9ClN2O2S. The lowest BCUT2D eigenvalue weighted by atomic mass is 10.2. The third-order valence-electron chi connectivity index (χ3n) is 1.92. The van der Waals surface area contributed by atoms with Gasteiger partial charge in [0.05, 0.1) is 11.6 Å². The molecule has 1 N–H and O–H groups in total. The summed E-state index contributed by atoms with van der Waals surface area (Å²) in [5.74, 6) is 0.500. The van der Waals surface area contributed by atoms with Gasteiger partial charge in [0.2, 0.25) is 5.89 Å². The predicted molar refractivity (Wildman–Crippen MR) is 60.5 cm³/mol. The lowest BCUT2D eigenvalue weighted by Gasteiger charge is -2.05. The van der Waals surface area contributed by atoms with Crippen molar-refractivity contribution in [3.8, 4) is 0 Å². The molecule has 0 fully saturated rings. The van der Waals surface area contributed by atoms with Gasteiger partial charge in [-0.3, -0.25) is 0 Å². The first-order chi connectivity index (χ1) is 7.70. The summed E-state index contributed by atoms with van der Waals surface area (Å²) in [5, 5.41) is 17.8. The maximum Gasteiger partial charge on any atom is 0.281 e. The quantitative estimate of drug-likeness (QED) is 0.915. The summed E-state index contributed by atoms with van der Waals surface area (Å²) < 4.78 is 5.24. The van der Waals surface area contributed by atoms with Crippen molar-refractivity contribution in [1.29, 1.82) is 0 Å². The zero-order valence-corrected chi connectivity index (χ0v) is 10.0. The van der Waals surface area contributed by atoms with Crippen LogP contribution < -0.4 is 0 Å². The van der Waals surface area contributed by atoms with Crippen LogP contribution in [0.15, 0.2) is 32.7 Å². The van der Waals surface area contributed by atoms with Gasteiger partial charge in [-0.25, -0.2) is 0 Å². The van der Waals surface area contributed by atoms with Crippen molar-refractivity contribution in [1.82, 2.24) is 10.2 Å². The Morgan fingerprint density at radius 2 is 2.25 bits per heavy atom. The van der Waals surface area contributed by atoms with Gasteiger partial charge >= 0.3 is 0 Å². The molecule has 1 aromatic heterocycles. The van der Waals surface area contributed by atoms with Gasteiger partial charge in [-0.15, -0.1) is 10.2 Å². The average molecular weight is 257 g/mol. The molecule has 0 saturated heterocycles. The second-order valence-corrected chi connectivity index (χ2v) is 4.44. The van der Waals surface area contributed by atoms with E-state index in [0.29, 0.717) is 16.1 Å². The number of hydrogen-bond acceptors (Lipinski definition) is 5. The lowest BCUT2D eigenvalue weighted by molar-refractivity contribution is 0.279. The van der Waals surface area contributed by atoms with Crippen molar-refractivity contribution in [2.45, 2.75) is 23.6 Å². The summed E-state index contributed by atoms with van der Waals surface area (Å²) in [6.45, 7) is 1.65. The third kappa shape index (κ3) is 2.37. The van der Waals surface area contributed by atoms with Crippen LogP contribution in [-0.2, 0) is 6.61 Å². The number of aryl methyl sites for hydroxylation is 1. The van der Waals surface area contributed by atoms with E-state index in [1.54, 1.807) is 25.1 Å². The predicted octanol–water partition coefficient (Wildman–Crippen LogP) is 2.67. The zero-order chi connectivity index (χ0) is 11.5. The molecule has 84 valence electrons. The van der Waals surface area contributed by atoms with Crippen LogP contribution in [0.3, 0.4) is 0 Å². The van der Waals surface area contributed by atoms with Gasteiger partial charge in [0, 0.05) is 11.8 Å². The van der Waals surface area contributed by atoms with E-state index in [2.05, 4.69) is 10.2 Å². The van der Waals surface area contributed by atoms with Crippen molar-refractivity contribution < 1.29 is 9.52 Å². The number of benzene rings is 1. The molecule has 2 rings (SSSR count). The van der Waals surface area contributed by atoms with Crippen LogP contribution in [0.1, 0.15) is 11.5 Å². The zero-order valence-electron chi connectivity index (χ0n) is 8.48. The minimum Gasteiger partial charge on any atom is -0.416 e. The maximum absolute atomic E-state index is 9.19. The van der Waals surface area contributed by atoms with E-state index >= 15 is 0 Å². The molecule has 0 saturated carbocycles. The van der Waals surface area contributed by atoms with Crippen molar-refractivity contribution in [3.63, 3.8) is 0 Å². The Kier molecular flexibility index (Phi) is 3.48. The van der Waals surface area contributed by atoms with Crippen molar-refractivity contribution in [2.24, 2.45) is 0 Å². The topological polar surface area (TPSA) is 59.2 Å². The van der Waals surface area contributed by atoms with Crippen LogP contribution in [0, 0.1) is 6.92 Å². The fraction of sp³-hybridized carbons (Fsp3) is 0.200. The highest BCUT2D eigenvalue weighted by Gasteiger charge is 2.12. The molecule has 16 heavy (non-hydrogen) atoms. The number of hydrogen-bond donors (Lipinski definition) is 1. The van der Waals surface area contributed by atoms with Crippen LogP contribution in [0.5, 0.6) is 0 Å². The fourth-order valence-corrected chi connectivity index (χ4v) is 2.36. The van der Waals surface area contributed by atoms with E-state index in [1.165, 1.54) is 11.8 Å². The Morgan fingerprint density at radius 1 is 1.44 bits per heavy atom. The van der Waals surface area contributed by atoms with E-state index in [4.69, 9.17) is 16.0 Å². The minimum atomic E-state index is -0.0734. The number of aliphatic hydroxyl groups is 1. The fourth-order valence-electron chi connectivity index (χ4n) is 1.20. The summed E-state index contributed by atoms with van der Waals surface area (Å²) in [5.41, 5.74) is 0.744. The highest BCUT2D eigenvalue weighted by atomic mass is 35.5. The molecule has 2 aromatic rings. The minimum absolute atomic E-state index is 0.0734. The van der Waals surface area contributed by atoms with Gasteiger partial charge in [0.15, 0.2) is 0 Å². The second kappa shape index (κ2) is 4.86. The van der Waals surface area contributed by atoms with Crippen LogP contribution in [0.25, 0.3) is 0 Å². The van der Waals surface area contributed by atoms with Gasteiger partial charge in [-0.05, 0) is 23.4 Å². The van der Waals surface area contributed by atoms with Crippen LogP contribution in [-0.4, -0.2) is 15.3 Å². The van der Waals surface area contributed by atoms with Crippen molar-refractivity contribution >= 4 is 23.4 Å². The number of rotatable bonds is 3. The summed E-state index contributed by atoms with van der Waals surface area (Å²) in [7, 11) is 0. The number of aliphatic hydroxyl groups excluding tert-OH is 1. The first kappa shape index (κ1) is 11.4. The van der Waals surface area contributed by atoms with E-state index in [1.807, 2.05) is 0 Å². The van der Waals surface area contributed by atoms with Crippen molar-refractivity contribution in [2.75, 3.05) is 0 Å². The summed E-state index contributed by atoms with van der Waals surface area (Å²) in [6.07, 6.45) is 0. The standard InChI is InChI=1S/C10H9ClN2O2S/c1-6-12-13-10(15-6)16-9-7(5-14)3-2-4-8(9)11/h2-4,14H,5H2,1H3. The molecule has 1 aromatic carbocycles. The second-order valence-electron chi connectivity index (χ2n) is 3.08. The van der Waals surface area contributed by atoms with Gasteiger partial charge in [-0.2, -0.15) is 0 Å². The van der Waals surface area contributed by atoms with Gasteiger partial charge in [0.25, 0.3) is 5.22 Å². The van der Waals surface area contributed by atoms with Crippen LogP contribution in [0.2, 0.25) is 5.02 Å². The third-order valence-corrected chi connectivity index (χ3v) is 3.37. The molecular weight excluding hydrogens is 248 g/mol. The summed E-state index contributed by atoms with van der Waals surface area (Å²) >= 11 is 7.30. The van der Waals surface area contributed by atoms with E-state index in [-0.39, 0.29) is 6.61 Å². The Hall–Kier alpha value is -1.04. The van der Waals surface area contributed by atoms with Gasteiger partial charge in [0.1, 0.15) is 0 Å². The van der Waals surface area contributed by atoms with Gasteiger partial charge in [-0.1, -0.05) is 23.7 Å². The Balaban J connectivity index is 2.33. The normalized spacial score (nSPS) is 10.7. The molecule has 0 atom stereocenters. The molecule has 0 unspecified atom stereocenters. The average Bonchev–Trinajstić information content (AvgIpc) is 2.67. The number of nitrogens with zero attached hydrogens (tertiary/aromatic N) is 2. The molecule has 0 aliphatic rings. The Bertz CT molecular complexity index is 501. The van der Waals surface area contributed by atoms with Crippen molar-refractivity contribution in [3.05, 3.63) is 34.7 Å². The number of halogens is 1. The van der Waals surface area contributed by atoms with E-state index in [0.717, 1.165) is 10.5 Å². The summed E-state index contributed by atoms with van der Waals surface area (Å²) in [4.78, 5) is 0.746. The molecule has 0 bridgehead atoms. The monoisotopic (exact) mass is 256 g/mol. The largest absolute Gasteiger partial charge is 0.416 e.